The summed E-state index contributed by atoms with van der Waals surface area (Å²) in [6.45, 7) is 1.02. The quantitative estimate of drug-likeness (QED) is 0.889. The maximum absolute atomic E-state index is 5.83. The van der Waals surface area contributed by atoms with Crippen molar-refractivity contribution in [2.24, 2.45) is 0 Å². The third-order valence-electron chi connectivity index (χ3n) is 2.89. The van der Waals surface area contributed by atoms with Crippen LogP contribution in [-0.4, -0.2) is 16.7 Å². The van der Waals surface area contributed by atoms with Gasteiger partial charge >= 0.3 is 0 Å². The summed E-state index contributed by atoms with van der Waals surface area (Å²) in [6, 6.07) is 7.59. The molecule has 0 aliphatic carbocycles. The number of hydrogen-bond acceptors (Lipinski definition) is 4. The highest BCUT2D eigenvalue weighted by Crippen LogP contribution is 2.26. The first kappa shape index (κ1) is 10.7. The van der Waals surface area contributed by atoms with E-state index in [4.69, 9.17) is 16.0 Å². The van der Waals surface area contributed by atoms with Crippen molar-refractivity contribution in [2.75, 3.05) is 6.54 Å². The van der Waals surface area contributed by atoms with Crippen molar-refractivity contribution in [1.82, 2.24) is 15.5 Å². The molecule has 1 aromatic carbocycles. The van der Waals surface area contributed by atoms with Crippen LogP contribution in [0.2, 0.25) is 5.02 Å². The number of nitrogens with one attached hydrogen (secondary N) is 1. The fourth-order valence-electron chi connectivity index (χ4n) is 1.98. The summed E-state index contributed by atoms with van der Waals surface area (Å²) in [7, 11) is 0. The Morgan fingerprint density at radius 1 is 1.24 bits per heavy atom. The van der Waals surface area contributed by atoms with Crippen molar-refractivity contribution < 1.29 is 4.42 Å². The zero-order valence-electron chi connectivity index (χ0n) is 9.19. The maximum Gasteiger partial charge on any atom is 0.247 e. The summed E-state index contributed by atoms with van der Waals surface area (Å²) in [5, 5.41) is 12.2. The molecule has 1 fully saturated rings. The van der Waals surface area contributed by atoms with Gasteiger partial charge < -0.3 is 9.73 Å². The Kier molecular flexibility index (Phi) is 2.82. The monoisotopic (exact) mass is 249 g/mol. The van der Waals surface area contributed by atoms with Gasteiger partial charge in [0.15, 0.2) is 0 Å². The smallest absolute Gasteiger partial charge is 0.247 e. The first-order valence-corrected chi connectivity index (χ1v) is 6.03. The zero-order valence-corrected chi connectivity index (χ0v) is 9.94. The second-order valence-corrected chi connectivity index (χ2v) is 4.54. The Balaban J connectivity index is 1.86. The van der Waals surface area contributed by atoms with Crippen LogP contribution in [0.4, 0.5) is 0 Å². The molecule has 17 heavy (non-hydrogen) atoms. The third-order valence-corrected chi connectivity index (χ3v) is 3.14. The molecule has 1 aliphatic heterocycles. The van der Waals surface area contributed by atoms with Gasteiger partial charge in [0, 0.05) is 10.6 Å². The third kappa shape index (κ3) is 2.18. The SMILES string of the molecule is Clc1ccc(-c2nnc(C3CCCN3)o2)cc1. The van der Waals surface area contributed by atoms with E-state index in [9.17, 15) is 0 Å². The summed E-state index contributed by atoms with van der Waals surface area (Å²) in [5.41, 5.74) is 0.895. The van der Waals surface area contributed by atoms with Crippen molar-refractivity contribution in [1.29, 1.82) is 0 Å². The molecule has 0 radical (unpaired) electrons. The molecule has 88 valence electrons. The van der Waals surface area contributed by atoms with Gasteiger partial charge in [0.25, 0.3) is 0 Å². The molecule has 1 saturated heterocycles. The van der Waals surface area contributed by atoms with Crippen LogP contribution >= 0.6 is 11.6 Å². The van der Waals surface area contributed by atoms with Crippen LogP contribution in [0, 0.1) is 0 Å². The topological polar surface area (TPSA) is 51.0 Å². The van der Waals surface area contributed by atoms with Gasteiger partial charge in [-0.2, -0.15) is 0 Å². The van der Waals surface area contributed by atoms with Crippen LogP contribution in [-0.2, 0) is 0 Å². The van der Waals surface area contributed by atoms with E-state index >= 15 is 0 Å². The first-order chi connectivity index (χ1) is 8.33. The molecular formula is C12H12ClN3O. The Morgan fingerprint density at radius 2 is 2.06 bits per heavy atom. The molecule has 5 heteroatoms. The van der Waals surface area contributed by atoms with Gasteiger partial charge in [-0.3, -0.25) is 0 Å². The van der Waals surface area contributed by atoms with Crippen LogP contribution in [0.15, 0.2) is 28.7 Å². The summed E-state index contributed by atoms with van der Waals surface area (Å²) >= 11 is 5.83. The normalized spacial score (nSPS) is 19.7. The van der Waals surface area contributed by atoms with E-state index in [0.717, 1.165) is 24.9 Å². The maximum atomic E-state index is 5.83. The molecule has 4 nitrogen and oxygen atoms in total. The van der Waals surface area contributed by atoms with Gasteiger partial charge in [-0.25, -0.2) is 0 Å². The first-order valence-electron chi connectivity index (χ1n) is 5.65. The minimum absolute atomic E-state index is 0.212. The number of rotatable bonds is 2. The molecular weight excluding hydrogens is 238 g/mol. The fraction of sp³-hybridized carbons (Fsp3) is 0.333. The highest BCUT2D eigenvalue weighted by atomic mass is 35.5. The van der Waals surface area contributed by atoms with E-state index in [1.165, 1.54) is 0 Å². The minimum Gasteiger partial charge on any atom is -0.419 e. The van der Waals surface area contributed by atoms with Crippen LogP contribution in [0.1, 0.15) is 24.8 Å². The summed E-state index contributed by atoms with van der Waals surface area (Å²) in [4.78, 5) is 0. The van der Waals surface area contributed by atoms with Gasteiger partial charge in [-0.05, 0) is 43.7 Å². The number of nitrogens with zero attached hydrogens (tertiary/aromatic N) is 2. The molecule has 1 atom stereocenters. The molecule has 0 bridgehead atoms. The lowest BCUT2D eigenvalue weighted by atomic mass is 10.2. The minimum atomic E-state index is 0.212. The lowest BCUT2D eigenvalue weighted by molar-refractivity contribution is 0.437. The molecule has 1 unspecified atom stereocenters. The van der Waals surface area contributed by atoms with E-state index in [1.807, 2.05) is 24.3 Å². The van der Waals surface area contributed by atoms with Crippen molar-refractivity contribution in [2.45, 2.75) is 18.9 Å². The van der Waals surface area contributed by atoms with Gasteiger partial charge in [-0.1, -0.05) is 11.6 Å². The standard InChI is InChI=1S/C12H12ClN3O/c13-9-5-3-8(4-6-9)11-15-16-12(17-11)10-2-1-7-14-10/h3-6,10,14H,1-2,7H2. The second-order valence-electron chi connectivity index (χ2n) is 4.10. The van der Waals surface area contributed by atoms with Crippen molar-refractivity contribution in [3.8, 4) is 11.5 Å². The van der Waals surface area contributed by atoms with Crippen molar-refractivity contribution >= 4 is 11.6 Å². The fourth-order valence-corrected chi connectivity index (χ4v) is 2.11. The number of halogens is 1. The van der Waals surface area contributed by atoms with Crippen molar-refractivity contribution in [3.63, 3.8) is 0 Å². The van der Waals surface area contributed by atoms with Gasteiger partial charge in [0.05, 0.1) is 6.04 Å². The van der Waals surface area contributed by atoms with Crippen LogP contribution in [0.25, 0.3) is 11.5 Å². The summed E-state index contributed by atoms with van der Waals surface area (Å²) < 4.78 is 5.67. The second kappa shape index (κ2) is 4.47. The Bertz CT molecular complexity index is 503. The molecule has 0 saturated carbocycles. The Morgan fingerprint density at radius 3 is 2.76 bits per heavy atom. The van der Waals surface area contributed by atoms with E-state index in [1.54, 1.807) is 0 Å². The summed E-state index contributed by atoms with van der Waals surface area (Å²) in [5.74, 6) is 1.22. The highest BCUT2D eigenvalue weighted by molar-refractivity contribution is 6.30. The predicted molar refractivity (Wildman–Crippen MR) is 64.7 cm³/mol. The number of hydrogen-bond donors (Lipinski definition) is 1. The largest absolute Gasteiger partial charge is 0.419 e. The number of benzene rings is 1. The predicted octanol–water partition coefficient (Wildman–Crippen LogP) is 2.81. The lowest BCUT2D eigenvalue weighted by Crippen LogP contribution is -2.12. The van der Waals surface area contributed by atoms with Gasteiger partial charge in [0.1, 0.15) is 0 Å². The summed E-state index contributed by atoms with van der Waals surface area (Å²) in [6.07, 6.45) is 2.21. The Labute approximate surface area is 104 Å². The van der Waals surface area contributed by atoms with Crippen LogP contribution in [0.3, 0.4) is 0 Å². The molecule has 1 aliphatic rings. The van der Waals surface area contributed by atoms with Gasteiger partial charge in [0.2, 0.25) is 11.8 Å². The van der Waals surface area contributed by atoms with E-state index in [2.05, 4.69) is 15.5 Å². The molecule has 0 spiro atoms. The molecule has 3 rings (SSSR count). The van der Waals surface area contributed by atoms with E-state index in [-0.39, 0.29) is 6.04 Å². The lowest BCUT2D eigenvalue weighted by Gasteiger charge is -2.02. The van der Waals surface area contributed by atoms with Crippen molar-refractivity contribution in [3.05, 3.63) is 35.2 Å². The zero-order chi connectivity index (χ0) is 11.7. The number of aromatic nitrogens is 2. The van der Waals surface area contributed by atoms with E-state index in [0.29, 0.717) is 16.8 Å². The molecule has 0 amide bonds. The molecule has 1 N–H and O–H groups in total. The van der Waals surface area contributed by atoms with E-state index < -0.39 is 0 Å². The molecule has 2 aromatic rings. The average Bonchev–Trinajstić information content (AvgIpc) is 3.00. The van der Waals surface area contributed by atoms with Crippen LogP contribution < -0.4 is 5.32 Å². The van der Waals surface area contributed by atoms with Gasteiger partial charge in [-0.15, -0.1) is 10.2 Å². The van der Waals surface area contributed by atoms with Crippen LogP contribution in [0.5, 0.6) is 0 Å². The molecule has 1 aromatic heterocycles. The highest BCUT2D eigenvalue weighted by Gasteiger charge is 2.22. The molecule has 2 heterocycles. The average molecular weight is 250 g/mol. The Hall–Kier alpha value is -1.39.